The maximum atomic E-state index is 12.4. The van der Waals surface area contributed by atoms with Gasteiger partial charge >= 0.3 is 5.97 Å². The lowest BCUT2D eigenvalue weighted by Crippen LogP contribution is -2.10. The van der Waals surface area contributed by atoms with Crippen molar-refractivity contribution in [2.75, 3.05) is 0 Å². The molecule has 0 spiro atoms. The third kappa shape index (κ3) is 4.28. The third-order valence-corrected chi connectivity index (χ3v) is 4.96. The quantitative estimate of drug-likeness (QED) is 0.590. The number of para-hydroxylation sites is 1. The Morgan fingerprint density at radius 2 is 1.81 bits per heavy atom. The summed E-state index contributed by atoms with van der Waals surface area (Å²) in [5.41, 5.74) is 0.789. The van der Waals surface area contributed by atoms with Gasteiger partial charge in [-0.25, -0.2) is 0 Å². The van der Waals surface area contributed by atoms with Crippen LogP contribution in [0.5, 0.6) is 11.5 Å². The molecule has 0 heterocycles. The predicted octanol–water partition coefficient (Wildman–Crippen LogP) is 5.94. The first-order valence-corrected chi connectivity index (χ1v) is 9.08. The molecule has 0 unspecified atom stereocenters. The van der Waals surface area contributed by atoms with Crippen LogP contribution in [-0.4, -0.2) is 5.97 Å². The normalized spacial score (nSPS) is 21.2. The second-order valence-corrected chi connectivity index (χ2v) is 7.84. The van der Waals surface area contributed by atoms with E-state index in [2.05, 4.69) is 13.8 Å². The topological polar surface area (TPSA) is 35.5 Å². The molecular formula is C22H23ClO3. The Labute approximate surface area is 159 Å². The minimum absolute atomic E-state index is 0.106. The lowest BCUT2D eigenvalue weighted by molar-refractivity contribution is -0.147. The Morgan fingerprint density at radius 1 is 1.12 bits per heavy atom. The van der Waals surface area contributed by atoms with Gasteiger partial charge in [-0.3, -0.25) is 4.79 Å². The van der Waals surface area contributed by atoms with Crippen molar-refractivity contribution in [1.82, 2.24) is 0 Å². The van der Waals surface area contributed by atoms with Crippen LogP contribution in [0, 0.1) is 17.3 Å². The zero-order valence-electron chi connectivity index (χ0n) is 15.2. The highest BCUT2D eigenvalue weighted by Crippen LogP contribution is 2.60. The van der Waals surface area contributed by atoms with Crippen LogP contribution < -0.4 is 4.74 Å². The van der Waals surface area contributed by atoms with Gasteiger partial charge in [-0.15, -0.1) is 0 Å². The zero-order valence-corrected chi connectivity index (χ0v) is 16.0. The molecule has 2 atom stereocenters. The van der Waals surface area contributed by atoms with Gasteiger partial charge in [0.05, 0.1) is 5.92 Å². The molecule has 2 aromatic carbocycles. The fourth-order valence-corrected chi connectivity index (χ4v) is 3.39. The molecule has 1 aliphatic carbocycles. The molecule has 1 saturated carbocycles. The number of hydrogen-bond acceptors (Lipinski definition) is 3. The number of allylic oxidation sites excluding steroid dienone is 2. The van der Waals surface area contributed by atoms with Gasteiger partial charge in [-0.2, -0.15) is 0 Å². The van der Waals surface area contributed by atoms with Gasteiger partial charge in [-0.1, -0.05) is 61.9 Å². The largest absolute Gasteiger partial charge is 0.461 e. The van der Waals surface area contributed by atoms with Crippen molar-refractivity contribution >= 4 is 17.6 Å². The van der Waals surface area contributed by atoms with E-state index < -0.39 is 0 Å². The Kier molecular flexibility index (Phi) is 5.38. The van der Waals surface area contributed by atoms with Crippen molar-refractivity contribution in [3.63, 3.8) is 0 Å². The first-order chi connectivity index (χ1) is 12.4. The number of ether oxygens (including phenoxy) is 2. The summed E-state index contributed by atoms with van der Waals surface area (Å²) in [4.78, 5) is 12.4. The molecule has 0 amide bonds. The highest BCUT2D eigenvalue weighted by Gasteiger charge is 2.61. The highest BCUT2D eigenvalue weighted by molar-refractivity contribution is 6.29. The molecule has 2 aromatic rings. The van der Waals surface area contributed by atoms with Crippen molar-refractivity contribution in [1.29, 1.82) is 0 Å². The highest BCUT2D eigenvalue weighted by atomic mass is 35.5. The van der Waals surface area contributed by atoms with Crippen LogP contribution in [-0.2, 0) is 16.1 Å². The minimum Gasteiger partial charge on any atom is -0.461 e. The molecule has 3 rings (SSSR count). The molecule has 1 fully saturated rings. The summed E-state index contributed by atoms with van der Waals surface area (Å²) in [5.74, 6) is 1.31. The summed E-state index contributed by atoms with van der Waals surface area (Å²) in [5, 5.41) is 0.712. The molecule has 0 aromatic heterocycles. The van der Waals surface area contributed by atoms with Crippen LogP contribution in [0.3, 0.4) is 0 Å². The lowest BCUT2D eigenvalue weighted by atomic mass is 10.1. The van der Waals surface area contributed by atoms with Crippen LogP contribution in [0.4, 0.5) is 0 Å². The van der Waals surface area contributed by atoms with Crippen molar-refractivity contribution in [2.45, 2.75) is 27.4 Å². The summed E-state index contributed by atoms with van der Waals surface area (Å²) < 4.78 is 11.4. The van der Waals surface area contributed by atoms with Gasteiger partial charge in [0.15, 0.2) is 0 Å². The molecule has 26 heavy (non-hydrogen) atoms. The average molecular weight is 371 g/mol. The van der Waals surface area contributed by atoms with Gasteiger partial charge in [0.2, 0.25) is 0 Å². The smallest absolute Gasteiger partial charge is 0.310 e. The van der Waals surface area contributed by atoms with Gasteiger partial charge in [0.1, 0.15) is 18.1 Å². The summed E-state index contributed by atoms with van der Waals surface area (Å²) in [6.07, 6.45) is 1.95. The molecule has 0 bridgehead atoms. The Morgan fingerprint density at radius 3 is 2.50 bits per heavy atom. The summed E-state index contributed by atoms with van der Waals surface area (Å²) in [6, 6.07) is 17.2. The second kappa shape index (κ2) is 7.55. The van der Waals surface area contributed by atoms with Crippen LogP contribution >= 0.6 is 11.6 Å². The van der Waals surface area contributed by atoms with Crippen LogP contribution in [0.25, 0.3) is 0 Å². The van der Waals surface area contributed by atoms with Crippen LogP contribution in [0.1, 0.15) is 26.3 Å². The average Bonchev–Trinajstić information content (AvgIpc) is 3.13. The molecule has 3 nitrogen and oxygen atoms in total. The standard InChI is InChI=1S/C22H23ClO3/c1-15(23)12-19-20(22(19,2)3)21(24)25-14-16-8-7-11-18(13-16)26-17-9-5-4-6-10-17/h4-13,19-20H,14H2,1-3H3/b15-12+/t19-,20-/m0/s1. The number of hydrogen-bond donors (Lipinski definition) is 0. The van der Waals surface area contributed by atoms with E-state index in [0.717, 1.165) is 17.1 Å². The van der Waals surface area contributed by atoms with E-state index in [-0.39, 0.29) is 29.8 Å². The fourth-order valence-electron chi connectivity index (χ4n) is 3.25. The van der Waals surface area contributed by atoms with Crippen LogP contribution in [0.15, 0.2) is 65.7 Å². The van der Waals surface area contributed by atoms with E-state index in [1.165, 1.54) is 0 Å². The van der Waals surface area contributed by atoms with Gasteiger partial charge in [0.25, 0.3) is 0 Å². The van der Waals surface area contributed by atoms with Crippen molar-refractivity contribution in [3.05, 3.63) is 71.3 Å². The number of rotatable bonds is 6. The van der Waals surface area contributed by atoms with Crippen molar-refractivity contribution < 1.29 is 14.3 Å². The number of benzene rings is 2. The van der Waals surface area contributed by atoms with Crippen molar-refractivity contribution in [3.8, 4) is 11.5 Å². The summed E-state index contributed by atoms with van der Waals surface area (Å²) in [7, 11) is 0. The van der Waals surface area contributed by atoms with E-state index in [9.17, 15) is 4.79 Å². The number of carbonyl (C=O) groups excluding carboxylic acids is 1. The monoisotopic (exact) mass is 370 g/mol. The van der Waals surface area contributed by atoms with E-state index in [1.54, 1.807) is 0 Å². The van der Waals surface area contributed by atoms with Gasteiger partial charge < -0.3 is 9.47 Å². The number of carbonyl (C=O) groups is 1. The fraction of sp³-hybridized carbons (Fsp3) is 0.318. The van der Waals surface area contributed by atoms with E-state index in [1.807, 2.05) is 67.6 Å². The Bertz CT molecular complexity index is 807. The molecule has 1 aliphatic rings. The minimum atomic E-state index is -0.177. The van der Waals surface area contributed by atoms with Crippen molar-refractivity contribution in [2.24, 2.45) is 17.3 Å². The van der Waals surface area contributed by atoms with Crippen LogP contribution in [0.2, 0.25) is 0 Å². The molecule has 0 aliphatic heterocycles. The Hall–Kier alpha value is -2.26. The van der Waals surface area contributed by atoms with Gasteiger partial charge in [-0.05, 0) is 48.1 Å². The first-order valence-electron chi connectivity index (χ1n) is 8.70. The molecule has 0 radical (unpaired) electrons. The van der Waals surface area contributed by atoms with E-state index >= 15 is 0 Å². The van der Waals surface area contributed by atoms with Gasteiger partial charge in [0, 0.05) is 5.03 Å². The third-order valence-electron chi connectivity index (χ3n) is 4.83. The first kappa shape index (κ1) is 18.5. The zero-order chi connectivity index (χ0) is 18.7. The molecule has 0 N–H and O–H groups in total. The predicted molar refractivity (Wildman–Crippen MR) is 103 cm³/mol. The summed E-state index contributed by atoms with van der Waals surface area (Å²) >= 11 is 5.96. The summed E-state index contributed by atoms with van der Waals surface area (Å²) in [6.45, 7) is 6.19. The molecule has 136 valence electrons. The lowest BCUT2D eigenvalue weighted by Gasteiger charge is -2.09. The Balaban J connectivity index is 1.59. The molecule has 4 heteroatoms. The van der Waals surface area contributed by atoms with E-state index in [4.69, 9.17) is 21.1 Å². The van der Waals surface area contributed by atoms with E-state index in [0.29, 0.717) is 5.03 Å². The maximum absolute atomic E-state index is 12.4. The second-order valence-electron chi connectivity index (χ2n) is 7.25. The maximum Gasteiger partial charge on any atom is 0.310 e. The SMILES string of the molecule is C/C(Cl)=C\[C@H]1[C@@H](C(=O)OCc2cccc(Oc3ccccc3)c2)C1(C)C. The number of esters is 1. The number of halogens is 1. The molecular weight excluding hydrogens is 348 g/mol. The molecule has 0 saturated heterocycles.